The van der Waals surface area contributed by atoms with Gasteiger partial charge in [-0.1, -0.05) is 0 Å². The molecule has 0 aliphatic carbocycles. The molecule has 0 aliphatic rings. The molecule has 0 unspecified atom stereocenters. The Morgan fingerprint density at radius 1 is 1.38 bits per heavy atom. The molecule has 47 valence electrons. The number of halogens is 1. The lowest BCUT2D eigenvalue weighted by molar-refractivity contribution is -0.143. The van der Waals surface area contributed by atoms with Crippen LogP contribution in [-0.2, 0) is 9.90 Å². The van der Waals surface area contributed by atoms with Crippen LogP contribution in [0, 0.1) is 0 Å². The summed E-state index contributed by atoms with van der Waals surface area (Å²) in [6.45, 7) is 0. The molecule has 0 bridgehead atoms. The van der Waals surface area contributed by atoms with Crippen molar-refractivity contribution in [3.63, 3.8) is 0 Å². The summed E-state index contributed by atoms with van der Waals surface area (Å²) < 4.78 is 0. The van der Waals surface area contributed by atoms with E-state index in [1.54, 1.807) is 0 Å². The summed E-state index contributed by atoms with van der Waals surface area (Å²) in [5, 5.41) is 9.72. The van der Waals surface area contributed by atoms with Crippen LogP contribution in [0.15, 0.2) is 0 Å². The SMILES string of the molecule is [O]C(=O)CCCCCl. The molecule has 0 aromatic carbocycles. The van der Waals surface area contributed by atoms with Crippen LogP contribution in [0.4, 0.5) is 0 Å². The molecule has 0 atom stereocenters. The highest BCUT2D eigenvalue weighted by Gasteiger charge is 1.96. The molecular weight excluding hydrogens is 128 g/mol. The summed E-state index contributed by atoms with van der Waals surface area (Å²) in [6, 6.07) is 0. The average Bonchev–Trinajstić information content (AvgIpc) is 1.66. The van der Waals surface area contributed by atoms with Gasteiger partial charge in [-0.05, 0) is 12.8 Å². The van der Waals surface area contributed by atoms with E-state index >= 15 is 0 Å². The summed E-state index contributed by atoms with van der Waals surface area (Å²) >= 11 is 5.27. The second-order valence-corrected chi connectivity index (χ2v) is 1.90. The van der Waals surface area contributed by atoms with E-state index < -0.39 is 5.97 Å². The molecule has 0 N–H and O–H groups in total. The number of carbonyl (C=O) groups is 1. The molecule has 0 amide bonds. The van der Waals surface area contributed by atoms with E-state index in [-0.39, 0.29) is 6.42 Å². The molecular formula is C5H8ClO2. The van der Waals surface area contributed by atoms with Gasteiger partial charge in [0.15, 0.2) is 0 Å². The summed E-state index contributed by atoms with van der Waals surface area (Å²) in [5.74, 6) is -0.456. The van der Waals surface area contributed by atoms with Gasteiger partial charge in [-0.15, -0.1) is 11.6 Å². The lowest BCUT2D eigenvalue weighted by atomic mass is 10.3. The molecule has 0 aromatic rings. The molecule has 0 spiro atoms. The molecule has 0 aromatic heterocycles. The van der Waals surface area contributed by atoms with Gasteiger partial charge in [-0.3, -0.25) is 0 Å². The third-order valence-corrected chi connectivity index (χ3v) is 1.03. The van der Waals surface area contributed by atoms with Crippen LogP contribution in [0.5, 0.6) is 0 Å². The van der Waals surface area contributed by atoms with Gasteiger partial charge in [0.1, 0.15) is 0 Å². The molecule has 3 heteroatoms. The molecule has 8 heavy (non-hydrogen) atoms. The minimum Gasteiger partial charge on any atom is -0.247 e. The van der Waals surface area contributed by atoms with Crippen molar-refractivity contribution in [2.75, 3.05) is 5.88 Å². The molecule has 0 fully saturated rings. The fraction of sp³-hybridized carbons (Fsp3) is 0.800. The van der Waals surface area contributed by atoms with Gasteiger partial charge in [0.05, 0.1) is 6.42 Å². The van der Waals surface area contributed by atoms with Gasteiger partial charge in [0.2, 0.25) is 0 Å². The maximum absolute atomic E-state index is 9.72. The maximum atomic E-state index is 9.72. The van der Waals surface area contributed by atoms with Crippen LogP contribution < -0.4 is 0 Å². The lowest BCUT2D eigenvalue weighted by Gasteiger charge is -1.86. The molecule has 0 aliphatic heterocycles. The average molecular weight is 136 g/mol. The van der Waals surface area contributed by atoms with Crippen molar-refractivity contribution in [2.45, 2.75) is 19.3 Å². The number of unbranched alkanes of at least 4 members (excludes halogenated alkanes) is 1. The number of alkyl halides is 1. The van der Waals surface area contributed by atoms with Crippen LogP contribution in [0.3, 0.4) is 0 Å². The smallest absolute Gasteiger partial charge is 0.247 e. The normalized spacial score (nSPS) is 9.12. The first kappa shape index (κ1) is 7.76. The zero-order valence-corrected chi connectivity index (χ0v) is 5.28. The van der Waals surface area contributed by atoms with Crippen molar-refractivity contribution in [3.8, 4) is 0 Å². The molecule has 0 heterocycles. The zero-order chi connectivity index (χ0) is 6.41. The van der Waals surface area contributed by atoms with E-state index in [0.29, 0.717) is 12.3 Å². The summed E-state index contributed by atoms with van der Waals surface area (Å²) in [7, 11) is 0. The molecule has 1 radical (unpaired) electrons. The second kappa shape index (κ2) is 4.91. The van der Waals surface area contributed by atoms with Crippen molar-refractivity contribution < 1.29 is 9.90 Å². The minimum atomic E-state index is -0.991. The van der Waals surface area contributed by atoms with Crippen molar-refractivity contribution in [1.82, 2.24) is 0 Å². The van der Waals surface area contributed by atoms with Crippen molar-refractivity contribution in [2.24, 2.45) is 0 Å². The van der Waals surface area contributed by atoms with Gasteiger partial charge in [-0.25, -0.2) is 9.90 Å². The van der Waals surface area contributed by atoms with Crippen molar-refractivity contribution >= 4 is 17.6 Å². The minimum absolute atomic E-state index is 0.132. The Labute approximate surface area is 53.5 Å². The van der Waals surface area contributed by atoms with E-state index in [2.05, 4.69) is 0 Å². The van der Waals surface area contributed by atoms with Gasteiger partial charge < -0.3 is 0 Å². The Balaban J connectivity index is 2.82. The number of hydrogen-bond donors (Lipinski definition) is 0. The third-order valence-electron chi connectivity index (χ3n) is 0.765. The zero-order valence-electron chi connectivity index (χ0n) is 4.52. The Morgan fingerprint density at radius 2 is 2.00 bits per heavy atom. The van der Waals surface area contributed by atoms with Crippen LogP contribution in [0.2, 0.25) is 0 Å². The van der Waals surface area contributed by atoms with Crippen molar-refractivity contribution in [1.29, 1.82) is 0 Å². The second-order valence-electron chi connectivity index (χ2n) is 1.52. The first-order valence-corrected chi connectivity index (χ1v) is 3.06. The Morgan fingerprint density at radius 3 is 2.38 bits per heavy atom. The highest BCUT2D eigenvalue weighted by Crippen LogP contribution is 1.95. The summed E-state index contributed by atoms with van der Waals surface area (Å²) in [5.41, 5.74) is 0. The highest BCUT2D eigenvalue weighted by molar-refractivity contribution is 6.17. The number of rotatable bonds is 4. The third kappa shape index (κ3) is 5.76. The van der Waals surface area contributed by atoms with E-state index in [0.717, 1.165) is 6.42 Å². The Hall–Kier alpha value is -0.240. The largest absolute Gasteiger partial charge is 0.355 e. The van der Waals surface area contributed by atoms with Gasteiger partial charge in [0, 0.05) is 5.88 Å². The standard InChI is InChI=1S/C5H8ClO2/c6-4-2-1-3-5(7)8/h1-4H2. The number of carbonyl (C=O) groups excluding carboxylic acids is 1. The fourth-order valence-corrected chi connectivity index (χ4v) is 0.553. The van der Waals surface area contributed by atoms with E-state index in [4.69, 9.17) is 11.6 Å². The van der Waals surface area contributed by atoms with Gasteiger partial charge in [-0.2, -0.15) is 0 Å². The first-order valence-electron chi connectivity index (χ1n) is 2.53. The highest BCUT2D eigenvalue weighted by atomic mass is 35.5. The van der Waals surface area contributed by atoms with Crippen LogP contribution in [0.1, 0.15) is 19.3 Å². The lowest BCUT2D eigenvalue weighted by Crippen LogP contribution is -1.91. The fourth-order valence-electron chi connectivity index (χ4n) is 0.364. The van der Waals surface area contributed by atoms with Crippen molar-refractivity contribution in [3.05, 3.63) is 0 Å². The van der Waals surface area contributed by atoms with Gasteiger partial charge in [0.25, 0.3) is 0 Å². The molecule has 0 saturated carbocycles. The van der Waals surface area contributed by atoms with Crippen LogP contribution in [0.25, 0.3) is 0 Å². The maximum Gasteiger partial charge on any atom is 0.355 e. The van der Waals surface area contributed by atoms with Crippen LogP contribution >= 0.6 is 11.6 Å². The monoisotopic (exact) mass is 135 g/mol. The molecule has 2 nitrogen and oxygen atoms in total. The topological polar surface area (TPSA) is 37.0 Å². The molecule has 0 saturated heterocycles. The number of hydrogen-bond acceptors (Lipinski definition) is 1. The molecule has 0 rings (SSSR count). The predicted octanol–water partition coefficient (Wildman–Crippen LogP) is 1.35. The quantitative estimate of drug-likeness (QED) is 0.424. The Bertz CT molecular complexity index is 72.8. The van der Waals surface area contributed by atoms with Gasteiger partial charge >= 0.3 is 5.97 Å². The summed E-state index contributed by atoms with van der Waals surface area (Å²) in [6.07, 6.45) is 1.52. The van der Waals surface area contributed by atoms with E-state index in [9.17, 15) is 9.90 Å². The Kier molecular flexibility index (Phi) is 4.76. The summed E-state index contributed by atoms with van der Waals surface area (Å²) in [4.78, 5) is 9.72. The van der Waals surface area contributed by atoms with Crippen LogP contribution in [-0.4, -0.2) is 11.8 Å². The predicted molar refractivity (Wildman–Crippen MR) is 30.3 cm³/mol. The van der Waals surface area contributed by atoms with E-state index in [1.165, 1.54) is 0 Å². The van der Waals surface area contributed by atoms with E-state index in [1.807, 2.05) is 0 Å². The first-order chi connectivity index (χ1) is 3.77.